The number of aryl methyl sites for hydroxylation is 1. The third-order valence-electron chi connectivity index (χ3n) is 2.17. The van der Waals surface area contributed by atoms with Gasteiger partial charge in [0, 0.05) is 5.39 Å². The fourth-order valence-corrected chi connectivity index (χ4v) is 1.66. The van der Waals surface area contributed by atoms with Gasteiger partial charge in [-0.25, -0.2) is 4.98 Å². The molecule has 0 aliphatic carbocycles. The summed E-state index contributed by atoms with van der Waals surface area (Å²) in [6, 6.07) is 10.00. The molecule has 2 rings (SSSR count). The van der Waals surface area contributed by atoms with Crippen molar-refractivity contribution in [3.05, 3.63) is 41.0 Å². The van der Waals surface area contributed by atoms with Gasteiger partial charge in [-0.05, 0) is 30.2 Å². The average molecular weight is 222 g/mol. The minimum absolute atomic E-state index is 0.556. The molecule has 0 unspecified atom stereocenters. The SMILES string of the molecule is CC.CCc1cccc2nc(Cl)ccc12. The van der Waals surface area contributed by atoms with Crippen molar-refractivity contribution in [3.63, 3.8) is 0 Å². The zero-order chi connectivity index (χ0) is 11.3. The van der Waals surface area contributed by atoms with Crippen LogP contribution in [0.1, 0.15) is 26.3 Å². The summed E-state index contributed by atoms with van der Waals surface area (Å²) in [4.78, 5) is 4.25. The standard InChI is InChI=1S/C11H10ClN.C2H6/c1-2-8-4-3-5-10-9(8)6-7-11(12)13-10;1-2/h3-7H,2H2,1H3;1-2H3. The van der Waals surface area contributed by atoms with Crippen LogP contribution in [-0.2, 0) is 6.42 Å². The van der Waals surface area contributed by atoms with Crippen molar-refractivity contribution in [2.24, 2.45) is 0 Å². The van der Waals surface area contributed by atoms with Crippen molar-refractivity contribution in [2.45, 2.75) is 27.2 Å². The summed E-state index contributed by atoms with van der Waals surface area (Å²) in [7, 11) is 0. The second kappa shape index (κ2) is 5.72. The van der Waals surface area contributed by atoms with Crippen molar-refractivity contribution in [1.29, 1.82) is 0 Å². The minimum atomic E-state index is 0.556. The first-order valence-electron chi connectivity index (χ1n) is 5.35. The van der Waals surface area contributed by atoms with Gasteiger partial charge in [-0.3, -0.25) is 0 Å². The van der Waals surface area contributed by atoms with Gasteiger partial charge in [-0.2, -0.15) is 0 Å². The number of hydrogen-bond donors (Lipinski definition) is 0. The van der Waals surface area contributed by atoms with E-state index in [4.69, 9.17) is 11.6 Å². The summed E-state index contributed by atoms with van der Waals surface area (Å²) >= 11 is 5.80. The van der Waals surface area contributed by atoms with Crippen molar-refractivity contribution < 1.29 is 0 Å². The normalized spacial score (nSPS) is 9.60. The Morgan fingerprint density at radius 1 is 1.13 bits per heavy atom. The maximum atomic E-state index is 5.80. The number of nitrogens with zero attached hydrogens (tertiary/aromatic N) is 1. The predicted octanol–water partition coefficient (Wildman–Crippen LogP) is 4.48. The molecule has 0 aliphatic rings. The highest BCUT2D eigenvalue weighted by Crippen LogP contribution is 2.19. The topological polar surface area (TPSA) is 12.9 Å². The molecule has 0 aliphatic heterocycles. The van der Waals surface area contributed by atoms with E-state index in [0.717, 1.165) is 11.9 Å². The molecule has 0 N–H and O–H groups in total. The molecule has 2 aromatic rings. The largest absolute Gasteiger partial charge is 0.236 e. The Labute approximate surface area is 96.1 Å². The van der Waals surface area contributed by atoms with Crippen LogP contribution in [0.5, 0.6) is 0 Å². The van der Waals surface area contributed by atoms with Gasteiger partial charge in [0.05, 0.1) is 5.52 Å². The molecule has 0 fully saturated rings. The van der Waals surface area contributed by atoms with E-state index in [1.807, 2.05) is 38.1 Å². The van der Waals surface area contributed by atoms with Gasteiger partial charge in [0.1, 0.15) is 5.15 Å². The van der Waals surface area contributed by atoms with Crippen LogP contribution < -0.4 is 0 Å². The highest BCUT2D eigenvalue weighted by molar-refractivity contribution is 6.29. The lowest BCUT2D eigenvalue weighted by Gasteiger charge is -2.02. The Kier molecular flexibility index (Phi) is 4.57. The Balaban J connectivity index is 0.000000531. The smallest absolute Gasteiger partial charge is 0.129 e. The molecule has 0 bridgehead atoms. The van der Waals surface area contributed by atoms with E-state index in [1.54, 1.807) is 0 Å². The predicted molar refractivity (Wildman–Crippen MR) is 67.5 cm³/mol. The second-order valence-corrected chi connectivity index (χ2v) is 3.36. The number of rotatable bonds is 1. The zero-order valence-corrected chi connectivity index (χ0v) is 10.2. The van der Waals surface area contributed by atoms with Crippen LogP contribution in [0, 0.1) is 0 Å². The summed E-state index contributed by atoms with van der Waals surface area (Å²) in [5.74, 6) is 0. The molecule has 0 radical (unpaired) electrons. The van der Waals surface area contributed by atoms with Gasteiger partial charge in [0.2, 0.25) is 0 Å². The molecule has 1 heterocycles. The van der Waals surface area contributed by atoms with Crippen molar-refractivity contribution in [1.82, 2.24) is 4.98 Å². The van der Waals surface area contributed by atoms with Gasteiger partial charge >= 0.3 is 0 Å². The van der Waals surface area contributed by atoms with E-state index in [1.165, 1.54) is 10.9 Å². The van der Waals surface area contributed by atoms with Gasteiger partial charge in [-0.15, -0.1) is 0 Å². The second-order valence-electron chi connectivity index (χ2n) is 2.97. The molecular formula is C13H16ClN. The van der Waals surface area contributed by atoms with Crippen LogP contribution in [0.15, 0.2) is 30.3 Å². The van der Waals surface area contributed by atoms with Gasteiger partial charge in [0.15, 0.2) is 0 Å². The summed E-state index contributed by atoms with van der Waals surface area (Å²) < 4.78 is 0. The molecule has 0 spiro atoms. The number of fused-ring (bicyclic) bond motifs is 1. The lowest BCUT2D eigenvalue weighted by Crippen LogP contribution is -1.85. The summed E-state index contributed by atoms with van der Waals surface area (Å²) in [6.07, 6.45) is 1.03. The molecule has 1 nitrogen and oxygen atoms in total. The summed E-state index contributed by atoms with van der Waals surface area (Å²) in [5.41, 5.74) is 2.30. The molecule has 1 aromatic carbocycles. The van der Waals surface area contributed by atoms with Gasteiger partial charge in [0.25, 0.3) is 0 Å². The van der Waals surface area contributed by atoms with E-state index in [0.29, 0.717) is 5.15 Å². The first kappa shape index (κ1) is 12.0. The first-order valence-corrected chi connectivity index (χ1v) is 5.73. The van der Waals surface area contributed by atoms with Gasteiger partial charge < -0.3 is 0 Å². The Hall–Kier alpha value is -1.08. The zero-order valence-electron chi connectivity index (χ0n) is 9.42. The number of aromatic nitrogens is 1. The van der Waals surface area contributed by atoms with Crippen LogP contribution >= 0.6 is 11.6 Å². The highest BCUT2D eigenvalue weighted by Gasteiger charge is 1.99. The summed E-state index contributed by atoms with van der Waals surface area (Å²) in [5, 5.41) is 1.76. The van der Waals surface area contributed by atoms with Crippen molar-refractivity contribution in [2.75, 3.05) is 0 Å². The van der Waals surface area contributed by atoms with E-state index in [-0.39, 0.29) is 0 Å². The van der Waals surface area contributed by atoms with Crippen LogP contribution in [-0.4, -0.2) is 4.98 Å². The Morgan fingerprint density at radius 3 is 2.53 bits per heavy atom. The van der Waals surface area contributed by atoms with E-state index >= 15 is 0 Å². The van der Waals surface area contributed by atoms with E-state index in [9.17, 15) is 0 Å². The number of benzene rings is 1. The molecule has 1 aromatic heterocycles. The number of hydrogen-bond acceptors (Lipinski definition) is 1. The maximum absolute atomic E-state index is 5.80. The quantitative estimate of drug-likeness (QED) is 0.648. The molecule has 0 amide bonds. The molecule has 0 atom stereocenters. The van der Waals surface area contributed by atoms with E-state index in [2.05, 4.69) is 18.0 Å². The third kappa shape index (κ3) is 2.69. The number of halogens is 1. The van der Waals surface area contributed by atoms with Crippen LogP contribution in [0.2, 0.25) is 5.15 Å². The highest BCUT2D eigenvalue weighted by atomic mass is 35.5. The van der Waals surface area contributed by atoms with E-state index < -0.39 is 0 Å². The summed E-state index contributed by atoms with van der Waals surface area (Å²) in [6.45, 7) is 6.14. The molecule has 15 heavy (non-hydrogen) atoms. The van der Waals surface area contributed by atoms with Crippen molar-refractivity contribution in [3.8, 4) is 0 Å². The van der Waals surface area contributed by atoms with Gasteiger partial charge in [-0.1, -0.05) is 44.5 Å². The Bertz CT molecular complexity index is 437. The van der Waals surface area contributed by atoms with Crippen LogP contribution in [0.25, 0.3) is 10.9 Å². The molecular weight excluding hydrogens is 206 g/mol. The fraction of sp³-hybridized carbons (Fsp3) is 0.308. The van der Waals surface area contributed by atoms with Crippen molar-refractivity contribution >= 4 is 22.5 Å². The fourth-order valence-electron chi connectivity index (χ4n) is 1.50. The minimum Gasteiger partial charge on any atom is -0.236 e. The third-order valence-corrected chi connectivity index (χ3v) is 2.38. The van der Waals surface area contributed by atoms with Crippen LogP contribution in [0.3, 0.4) is 0 Å². The average Bonchev–Trinajstić information content (AvgIpc) is 2.30. The molecule has 80 valence electrons. The first-order chi connectivity index (χ1) is 7.31. The lowest BCUT2D eigenvalue weighted by atomic mass is 10.1. The maximum Gasteiger partial charge on any atom is 0.129 e. The molecule has 2 heteroatoms. The lowest BCUT2D eigenvalue weighted by molar-refractivity contribution is 1.16. The van der Waals surface area contributed by atoms with Crippen LogP contribution in [0.4, 0.5) is 0 Å². The Morgan fingerprint density at radius 2 is 1.87 bits per heavy atom. The monoisotopic (exact) mass is 221 g/mol. The molecule has 0 saturated carbocycles. The number of pyridine rings is 1. The molecule has 0 saturated heterocycles.